The highest BCUT2D eigenvalue weighted by molar-refractivity contribution is 7.12. The SMILES string of the molecule is Cc1cccnc1CN1CCN(C(=O)c2scc3c2CCCC3)CC1. The number of hydrogen-bond donors (Lipinski definition) is 0. The summed E-state index contributed by atoms with van der Waals surface area (Å²) in [6.45, 7) is 6.48. The fourth-order valence-electron chi connectivity index (χ4n) is 3.85. The number of piperazine rings is 1. The van der Waals surface area contributed by atoms with Crippen LogP contribution >= 0.6 is 11.3 Å². The number of pyridine rings is 1. The van der Waals surface area contributed by atoms with E-state index in [2.05, 4.69) is 28.3 Å². The maximum atomic E-state index is 13.0. The van der Waals surface area contributed by atoms with E-state index in [1.807, 2.05) is 17.2 Å². The highest BCUT2D eigenvalue weighted by Crippen LogP contribution is 2.31. The van der Waals surface area contributed by atoms with Gasteiger partial charge in [0, 0.05) is 38.9 Å². The first-order chi connectivity index (χ1) is 12.2. The van der Waals surface area contributed by atoms with Crippen LogP contribution < -0.4 is 0 Å². The van der Waals surface area contributed by atoms with E-state index in [-0.39, 0.29) is 5.91 Å². The molecule has 0 saturated carbocycles. The molecule has 25 heavy (non-hydrogen) atoms. The van der Waals surface area contributed by atoms with E-state index in [9.17, 15) is 4.79 Å². The van der Waals surface area contributed by atoms with E-state index in [1.165, 1.54) is 29.5 Å². The van der Waals surface area contributed by atoms with Crippen LogP contribution in [0.15, 0.2) is 23.7 Å². The molecule has 4 nitrogen and oxygen atoms in total. The van der Waals surface area contributed by atoms with Crippen molar-refractivity contribution in [2.24, 2.45) is 0 Å². The molecule has 1 amide bonds. The monoisotopic (exact) mass is 355 g/mol. The zero-order valence-corrected chi connectivity index (χ0v) is 15.6. The molecule has 1 aliphatic carbocycles. The Balaban J connectivity index is 1.38. The van der Waals surface area contributed by atoms with Crippen molar-refractivity contribution in [1.82, 2.24) is 14.8 Å². The molecule has 0 radical (unpaired) electrons. The van der Waals surface area contributed by atoms with Crippen LogP contribution in [0.2, 0.25) is 0 Å². The highest BCUT2D eigenvalue weighted by Gasteiger charge is 2.27. The second kappa shape index (κ2) is 7.26. The smallest absolute Gasteiger partial charge is 0.264 e. The van der Waals surface area contributed by atoms with Gasteiger partial charge in [-0.1, -0.05) is 6.07 Å². The van der Waals surface area contributed by atoms with E-state index in [1.54, 1.807) is 11.3 Å². The van der Waals surface area contributed by atoms with Crippen molar-refractivity contribution in [3.63, 3.8) is 0 Å². The summed E-state index contributed by atoms with van der Waals surface area (Å²) in [6.07, 6.45) is 6.58. The average Bonchev–Trinajstić information content (AvgIpc) is 3.08. The van der Waals surface area contributed by atoms with Crippen LogP contribution in [0.4, 0.5) is 0 Å². The normalized spacial score (nSPS) is 18.2. The largest absolute Gasteiger partial charge is 0.335 e. The van der Waals surface area contributed by atoms with Gasteiger partial charge in [-0.05, 0) is 60.7 Å². The van der Waals surface area contributed by atoms with Gasteiger partial charge in [0.15, 0.2) is 0 Å². The van der Waals surface area contributed by atoms with Gasteiger partial charge in [0.1, 0.15) is 0 Å². The molecule has 3 heterocycles. The van der Waals surface area contributed by atoms with Crippen molar-refractivity contribution >= 4 is 17.2 Å². The molecule has 4 rings (SSSR count). The van der Waals surface area contributed by atoms with Gasteiger partial charge < -0.3 is 4.90 Å². The fraction of sp³-hybridized carbons (Fsp3) is 0.500. The topological polar surface area (TPSA) is 36.4 Å². The van der Waals surface area contributed by atoms with Gasteiger partial charge in [0.25, 0.3) is 5.91 Å². The third-order valence-electron chi connectivity index (χ3n) is 5.45. The summed E-state index contributed by atoms with van der Waals surface area (Å²) in [5.41, 5.74) is 5.15. The number of aryl methyl sites for hydroxylation is 2. The molecule has 2 aromatic heterocycles. The minimum Gasteiger partial charge on any atom is -0.335 e. The Labute approximate surface area is 153 Å². The quantitative estimate of drug-likeness (QED) is 0.848. The van der Waals surface area contributed by atoms with Gasteiger partial charge >= 0.3 is 0 Å². The number of hydrogen-bond acceptors (Lipinski definition) is 4. The van der Waals surface area contributed by atoms with Gasteiger partial charge in [-0.15, -0.1) is 11.3 Å². The third kappa shape index (κ3) is 3.48. The van der Waals surface area contributed by atoms with E-state index in [0.29, 0.717) is 0 Å². The second-order valence-electron chi connectivity index (χ2n) is 7.11. The zero-order valence-electron chi connectivity index (χ0n) is 14.8. The molecule has 1 aliphatic heterocycles. The summed E-state index contributed by atoms with van der Waals surface area (Å²) < 4.78 is 0. The molecular formula is C20H25N3OS. The molecule has 5 heteroatoms. The Bertz CT molecular complexity index is 762. The van der Waals surface area contributed by atoms with Gasteiger partial charge in [-0.2, -0.15) is 0 Å². The summed E-state index contributed by atoms with van der Waals surface area (Å²) >= 11 is 1.66. The second-order valence-corrected chi connectivity index (χ2v) is 7.99. The van der Waals surface area contributed by atoms with Gasteiger partial charge in [-0.25, -0.2) is 0 Å². The summed E-state index contributed by atoms with van der Waals surface area (Å²) in [5.74, 6) is 0.252. The molecule has 0 N–H and O–H groups in total. The van der Waals surface area contributed by atoms with Crippen molar-refractivity contribution in [1.29, 1.82) is 0 Å². The molecule has 2 aliphatic rings. The molecule has 132 valence electrons. The predicted octanol–water partition coefficient (Wildman–Crippen LogP) is 3.29. The van der Waals surface area contributed by atoms with E-state index in [0.717, 1.165) is 56.1 Å². The lowest BCUT2D eigenvalue weighted by atomic mass is 9.93. The van der Waals surface area contributed by atoms with Crippen LogP contribution in [0.3, 0.4) is 0 Å². The Morgan fingerprint density at radius 1 is 1.20 bits per heavy atom. The summed E-state index contributed by atoms with van der Waals surface area (Å²) in [6, 6.07) is 4.10. The molecule has 1 fully saturated rings. The van der Waals surface area contributed by atoms with Crippen molar-refractivity contribution in [2.45, 2.75) is 39.2 Å². The maximum absolute atomic E-state index is 13.0. The van der Waals surface area contributed by atoms with Crippen LogP contribution in [-0.2, 0) is 19.4 Å². The van der Waals surface area contributed by atoms with Crippen molar-refractivity contribution in [3.8, 4) is 0 Å². The van der Waals surface area contributed by atoms with Crippen LogP contribution in [0.1, 0.15) is 44.9 Å². The van der Waals surface area contributed by atoms with E-state index < -0.39 is 0 Å². The van der Waals surface area contributed by atoms with Crippen molar-refractivity contribution in [3.05, 3.63) is 51.0 Å². The number of carbonyl (C=O) groups is 1. The standard InChI is InChI=1S/C20H25N3OS/c1-15-5-4-8-21-18(15)13-22-9-11-23(12-10-22)20(24)19-17-7-3-2-6-16(17)14-25-19/h4-5,8,14H,2-3,6-7,9-13H2,1H3. The molecule has 0 unspecified atom stereocenters. The number of carbonyl (C=O) groups excluding carboxylic acids is 1. The minimum atomic E-state index is 0.252. The lowest BCUT2D eigenvalue weighted by Gasteiger charge is -2.34. The first kappa shape index (κ1) is 16.7. The van der Waals surface area contributed by atoms with Gasteiger partial charge in [0.05, 0.1) is 10.6 Å². The van der Waals surface area contributed by atoms with Gasteiger partial charge in [-0.3, -0.25) is 14.7 Å². The van der Waals surface area contributed by atoms with Crippen LogP contribution in [0.25, 0.3) is 0 Å². The molecule has 0 aromatic carbocycles. The zero-order chi connectivity index (χ0) is 17.2. The van der Waals surface area contributed by atoms with Crippen molar-refractivity contribution in [2.75, 3.05) is 26.2 Å². The van der Waals surface area contributed by atoms with Crippen LogP contribution in [0, 0.1) is 6.92 Å². The minimum absolute atomic E-state index is 0.252. The number of thiophene rings is 1. The molecular weight excluding hydrogens is 330 g/mol. The summed E-state index contributed by atoms with van der Waals surface area (Å²) in [5, 5.41) is 2.21. The highest BCUT2D eigenvalue weighted by atomic mass is 32.1. The van der Waals surface area contributed by atoms with Gasteiger partial charge in [0.2, 0.25) is 0 Å². The maximum Gasteiger partial charge on any atom is 0.264 e. The van der Waals surface area contributed by atoms with Crippen molar-refractivity contribution < 1.29 is 4.79 Å². The first-order valence-corrected chi connectivity index (χ1v) is 10.1. The number of amides is 1. The van der Waals surface area contributed by atoms with Crippen LogP contribution in [0.5, 0.6) is 0 Å². The number of nitrogens with zero attached hydrogens (tertiary/aromatic N) is 3. The Morgan fingerprint density at radius 2 is 2.00 bits per heavy atom. The summed E-state index contributed by atoms with van der Waals surface area (Å²) in [4.78, 5) is 22.9. The Hall–Kier alpha value is -1.72. The number of fused-ring (bicyclic) bond motifs is 1. The van der Waals surface area contributed by atoms with E-state index >= 15 is 0 Å². The Kier molecular flexibility index (Phi) is 4.86. The fourth-order valence-corrected chi connectivity index (χ4v) is 4.97. The van der Waals surface area contributed by atoms with E-state index in [4.69, 9.17) is 0 Å². The molecule has 2 aromatic rings. The summed E-state index contributed by atoms with van der Waals surface area (Å²) in [7, 11) is 0. The first-order valence-electron chi connectivity index (χ1n) is 9.24. The predicted molar refractivity (Wildman–Crippen MR) is 101 cm³/mol. The Morgan fingerprint density at radius 3 is 2.80 bits per heavy atom. The average molecular weight is 356 g/mol. The lowest BCUT2D eigenvalue weighted by Crippen LogP contribution is -2.48. The van der Waals surface area contributed by atoms with Crippen LogP contribution in [-0.4, -0.2) is 46.9 Å². The molecule has 0 spiro atoms. The number of aromatic nitrogens is 1. The lowest BCUT2D eigenvalue weighted by molar-refractivity contribution is 0.0630. The molecule has 0 bridgehead atoms. The number of rotatable bonds is 3. The molecule has 0 atom stereocenters. The third-order valence-corrected chi connectivity index (χ3v) is 6.51. The molecule has 1 saturated heterocycles.